The van der Waals surface area contributed by atoms with E-state index in [0.717, 1.165) is 5.39 Å². The Labute approximate surface area is 153 Å². The maximum atomic E-state index is 12.3. The lowest BCUT2D eigenvalue weighted by molar-refractivity contribution is -0.139. The Hall–Kier alpha value is -3.12. The zero-order valence-corrected chi connectivity index (χ0v) is 14.3. The summed E-state index contributed by atoms with van der Waals surface area (Å²) in [5.41, 5.74) is 0.550. The highest BCUT2D eigenvalue weighted by Gasteiger charge is 2.22. The number of benzene rings is 2. The summed E-state index contributed by atoms with van der Waals surface area (Å²) in [7, 11) is 0. The molecule has 0 saturated carbocycles. The van der Waals surface area contributed by atoms with Gasteiger partial charge in [0, 0.05) is 16.7 Å². The highest BCUT2D eigenvalue weighted by Crippen LogP contribution is 2.12. The molecule has 1 amide bonds. The van der Waals surface area contributed by atoms with E-state index in [9.17, 15) is 19.5 Å². The van der Waals surface area contributed by atoms with Crippen molar-refractivity contribution in [3.05, 3.63) is 81.6 Å². The largest absolute Gasteiger partial charge is 0.480 e. The molecule has 0 bridgehead atoms. The van der Waals surface area contributed by atoms with Gasteiger partial charge in [-0.15, -0.1) is 0 Å². The number of aromatic nitrogens is 1. The lowest BCUT2D eigenvalue weighted by Gasteiger charge is -2.17. The average Bonchev–Trinajstić information content (AvgIpc) is 2.63. The summed E-state index contributed by atoms with van der Waals surface area (Å²) in [6, 6.07) is 15.0. The first-order valence-corrected chi connectivity index (χ1v) is 8.21. The molecule has 1 aromatic heterocycles. The van der Waals surface area contributed by atoms with Crippen molar-refractivity contribution in [3.63, 3.8) is 0 Å². The van der Waals surface area contributed by atoms with Crippen molar-refractivity contribution in [2.75, 3.05) is 0 Å². The number of carboxylic acids is 1. The number of nitrogens with one attached hydrogen (secondary N) is 1. The fourth-order valence-corrected chi connectivity index (χ4v) is 2.77. The van der Waals surface area contributed by atoms with Gasteiger partial charge in [0.05, 0.1) is 12.1 Å². The molecule has 1 atom stereocenters. The van der Waals surface area contributed by atoms with Crippen LogP contribution in [0.25, 0.3) is 10.9 Å². The normalized spacial score (nSPS) is 11.9. The first-order chi connectivity index (χ1) is 12.5. The smallest absolute Gasteiger partial charge is 0.328 e. The van der Waals surface area contributed by atoms with Crippen LogP contribution in [0.3, 0.4) is 0 Å². The Morgan fingerprint density at radius 1 is 1.04 bits per heavy atom. The van der Waals surface area contributed by atoms with Gasteiger partial charge in [-0.25, -0.2) is 4.79 Å². The summed E-state index contributed by atoms with van der Waals surface area (Å²) >= 11 is 5.79. The SMILES string of the molecule is O=C(NC(Cn1c(=O)ccc2ccccc21)C(=O)O)c1ccc(Cl)cc1. The molecule has 0 spiro atoms. The van der Waals surface area contributed by atoms with Gasteiger partial charge in [0.25, 0.3) is 11.5 Å². The first kappa shape index (κ1) is 17.7. The maximum Gasteiger partial charge on any atom is 0.328 e. The quantitative estimate of drug-likeness (QED) is 0.722. The summed E-state index contributed by atoms with van der Waals surface area (Å²) < 4.78 is 1.34. The molecule has 0 radical (unpaired) electrons. The van der Waals surface area contributed by atoms with Crippen molar-refractivity contribution in [2.45, 2.75) is 12.6 Å². The third kappa shape index (κ3) is 3.75. The van der Waals surface area contributed by atoms with E-state index in [0.29, 0.717) is 10.5 Å². The van der Waals surface area contributed by atoms with E-state index >= 15 is 0 Å². The number of carboxylic acid groups (broad SMARTS) is 1. The van der Waals surface area contributed by atoms with E-state index in [1.54, 1.807) is 30.3 Å². The summed E-state index contributed by atoms with van der Waals surface area (Å²) in [4.78, 5) is 36.2. The molecule has 3 aromatic rings. The van der Waals surface area contributed by atoms with Gasteiger partial charge in [0.1, 0.15) is 6.04 Å². The Bertz CT molecular complexity index is 1030. The van der Waals surface area contributed by atoms with Crippen LogP contribution in [0.5, 0.6) is 0 Å². The fourth-order valence-electron chi connectivity index (χ4n) is 2.64. The second kappa shape index (κ2) is 7.41. The predicted octanol–water partition coefficient (Wildman–Crippen LogP) is 2.54. The van der Waals surface area contributed by atoms with E-state index < -0.39 is 17.9 Å². The molecule has 1 heterocycles. The molecular weight excluding hydrogens is 356 g/mol. The van der Waals surface area contributed by atoms with Crippen LogP contribution in [-0.2, 0) is 11.3 Å². The maximum absolute atomic E-state index is 12.3. The number of amides is 1. The standard InChI is InChI=1S/C19H15ClN2O4/c20-14-8-5-13(6-9-14)18(24)21-15(19(25)26)11-22-16-4-2-1-3-12(16)7-10-17(22)23/h1-10,15H,11H2,(H,21,24)(H,25,26). The zero-order chi connectivity index (χ0) is 18.7. The van der Waals surface area contributed by atoms with Crippen molar-refractivity contribution >= 4 is 34.4 Å². The summed E-state index contributed by atoms with van der Waals surface area (Å²) in [5.74, 6) is -1.78. The monoisotopic (exact) mass is 370 g/mol. The van der Waals surface area contributed by atoms with Crippen LogP contribution in [0.4, 0.5) is 0 Å². The summed E-state index contributed by atoms with van der Waals surface area (Å²) in [6.07, 6.45) is 0. The van der Waals surface area contributed by atoms with E-state index in [1.807, 2.05) is 12.1 Å². The summed E-state index contributed by atoms with van der Waals surface area (Å²) in [5, 5.41) is 13.2. The van der Waals surface area contributed by atoms with Gasteiger partial charge in [-0.2, -0.15) is 0 Å². The molecule has 2 aromatic carbocycles. The first-order valence-electron chi connectivity index (χ1n) is 7.83. The predicted molar refractivity (Wildman–Crippen MR) is 98.6 cm³/mol. The third-order valence-electron chi connectivity index (χ3n) is 3.97. The average molecular weight is 371 g/mol. The number of hydrogen-bond acceptors (Lipinski definition) is 3. The molecule has 2 N–H and O–H groups in total. The van der Waals surface area contributed by atoms with E-state index in [2.05, 4.69) is 5.32 Å². The van der Waals surface area contributed by atoms with Gasteiger partial charge in [0.2, 0.25) is 0 Å². The number of aliphatic carboxylic acids is 1. The second-order valence-corrected chi connectivity index (χ2v) is 6.15. The highest BCUT2D eigenvalue weighted by atomic mass is 35.5. The fraction of sp³-hybridized carbons (Fsp3) is 0.105. The Morgan fingerprint density at radius 3 is 2.42 bits per heavy atom. The molecule has 0 fully saturated rings. The van der Waals surface area contributed by atoms with Gasteiger partial charge in [-0.05, 0) is 41.8 Å². The van der Waals surface area contributed by atoms with Crippen LogP contribution in [0.15, 0.2) is 65.5 Å². The van der Waals surface area contributed by atoms with Crippen molar-refractivity contribution in [2.24, 2.45) is 0 Å². The minimum atomic E-state index is -1.26. The zero-order valence-electron chi connectivity index (χ0n) is 13.6. The molecule has 6 nitrogen and oxygen atoms in total. The molecule has 0 aliphatic heterocycles. The molecule has 132 valence electrons. The number of rotatable bonds is 5. The number of nitrogens with zero attached hydrogens (tertiary/aromatic N) is 1. The summed E-state index contributed by atoms with van der Waals surface area (Å²) in [6.45, 7) is -0.186. The highest BCUT2D eigenvalue weighted by molar-refractivity contribution is 6.30. The lowest BCUT2D eigenvalue weighted by atomic mass is 10.1. The molecule has 26 heavy (non-hydrogen) atoms. The molecule has 1 unspecified atom stereocenters. The number of carbonyl (C=O) groups is 2. The van der Waals surface area contributed by atoms with Crippen LogP contribution >= 0.6 is 11.6 Å². The Kier molecular flexibility index (Phi) is 5.04. The minimum Gasteiger partial charge on any atom is -0.480 e. The Morgan fingerprint density at radius 2 is 1.73 bits per heavy atom. The molecule has 0 saturated heterocycles. The Balaban J connectivity index is 1.89. The van der Waals surface area contributed by atoms with Gasteiger partial charge >= 0.3 is 5.97 Å². The van der Waals surface area contributed by atoms with Crippen LogP contribution in [0.2, 0.25) is 5.02 Å². The van der Waals surface area contributed by atoms with Gasteiger partial charge in [-0.3, -0.25) is 9.59 Å². The number of hydrogen-bond donors (Lipinski definition) is 2. The molecular formula is C19H15ClN2O4. The van der Waals surface area contributed by atoms with Crippen molar-refractivity contribution < 1.29 is 14.7 Å². The molecule has 3 rings (SSSR count). The van der Waals surface area contributed by atoms with Crippen molar-refractivity contribution in [1.82, 2.24) is 9.88 Å². The van der Waals surface area contributed by atoms with Crippen LogP contribution < -0.4 is 10.9 Å². The van der Waals surface area contributed by atoms with Crippen molar-refractivity contribution in [1.29, 1.82) is 0 Å². The number of carbonyl (C=O) groups excluding carboxylic acids is 1. The van der Waals surface area contributed by atoms with E-state index in [-0.39, 0.29) is 17.7 Å². The molecule has 0 aliphatic carbocycles. The van der Waals surface area contributed by atoms with Crippen molar-refractivity contribution in [3.8, 4) is 0 Å². The number of fused-ring (bicyclic) bond motifs is 1. The van der Waals surface area contributed by atoms with Gasteiger partial charge in [-0.1, -0.05) is 29.8 Å². The number of halogens is 1. The molecule has 7 heteroatoms. The van der Waals surface area contributed by atoms with E-state index in [4.69, 9.17) is 11.6 Å². The number of para-hydroxylation sites is 1. The van der Waals surface area contributed by atoms with Gasteiger partial charge < -0.3 is 15.0 Å². The second-order valence-electron chi connectivity index (χ2n) is 5.71. The topological polar surface area (TPSA) is 88.4 Å². The van der Waals surface area contributed by atoms with Gasteiger partial charge in [0.15, 0.2) is 0 Å². The van der Waals surface area contributed by atoms with E-state index in [1.165, 1.54) is 22.8 Å². The van der Waals surface area contributed by atoms with Crippen LogP contribution in [0.1, 0.15) is 10.4 Å². The van der Waals surface area contributed by atoms with Crippen LogP contribution in [0, 0.1) is 0 Å². The minimum absolute atomic E-state index is 0.186. The van der Waals surface area contributed by atoms with Crippen LogP contribution in [-0.4, -0.2) is 27.6 Å². The third-order valence-corrected chi connectivity index (χ3v) is 4.23. The molecule has 0 aliphatic rings. The number of pyridine rings is 1. The lowest BCUT2D eigenvalue weighted by Crippen LogP contribution is -2.45.